The molecule has 8 nitrogen and oxygen atoms in total. The molecule has 1 N–H and O–H groups in total. The van der Waals surface area contributed by atoms with Crippen LogP contribution in [0.5, 0.6) is 0 Å². The number of hydrogen-bond acceptors (Lipinski definition) is 5. The fourth-order valence-corrected chi connectivity index (χ4v) is 7.47. The molecule has 4 fully saturated rings. The number of anilines is 1. The maximum Gasteiger partial charge on any atom is 0.410 e. The molecule has 37 heavy (non-hydrogen) atoms. The average Bonchev–Trinajstić information content (AvgIpc) is 3.51. The molecular formula is C29H46N5O3+. The third-order valence-electron chi connectivity index (χ3n) is 9.49. The molecule has 8 heteroatoms. The summed E-state index contributed by atoms with van der Waals surface area (Å²) in [5.74, 6) is 1.38. The zero-order valence-electron chi connectivity index (χ0n) is 23.5. The summed E-state index contributed by atoms with van der Waals surface area (Å²) >= 11 is 0. The number of aryl methyl sites for hydroxylation is 1. The number of aromatic nitrogens is 1. The van der Waals surface area contributed by atoms with Crippen LogP contribution in [-0.4, -0.2) is 78.8 Å². The summed E-state index contributed by atoms with van der Waals surface area (Å²) in [6.07, 6.45) is 6.66. The molecule has 0 bridgehead atoms. The number of ether oxygens (including phenoxy) is 1. The second kappa shape index (κ2) is 9.84. The van der Waals surface area contributed by atoms with Gasteiger partial charge >= 0.3 is 6.09 Å². The predicted octanol–water partition coefficient (Wildman–Crippen LogP) is 4.39. The summed E-state index contributed by atoms with van der Waals surface area (Å²) < 4.78 is 6.55. The topological polar surface area (TPSA) is 74.8 Å². The van der Waals surface area contributed by atoms with Gasteiger partial charge in [-0.1, -0.05) is 0 Å². The molecule has 0 saturated carbocycles. The maximum absolute atomic E-state index is 14.0. The molecule has 4 aliphatic heterocycles. The van der Waals surface area contributed by atoms with E-state index in [1.54, 1.807) is 4.90 Å². The monoisotopic (exact) mass is 512 g/mol. The zero-order valence-corrected chi connectivity index (χ0v) is 23.5. The van der Waals surface area contributed by atoms with Gasteiger partial charge in [-0.25, -0.2) is 4.79 Å². The van der Waals surface area contributed by atoms with Crippen LogP contribution in [0.2, 0.25) is 0 Å². The van der Waals surface area contributed by atoms with Gasteiger partial charge in [0.25, 0.3) is 0 Å². The Balaban J connectivity index is 1.34. The molecule has 5 rings (SSSR count). The van der Waals surface area contributed by atoms with E-state index >= 15 is 0 Å². The number of amides is 2. The first-order valence-corrected chi connectivity index (χ1v) is 14.4. The van der Waals surface area contributed by atoms with Crippen molar-refractivity contribution in [2.75, 3.05) is 44.2 Å². The van der Waals surface area contributed by atoms with Crippen LogP contribution in [0.15, 0.2) is 12.1 Å². The van der Waals surface area contributed by atoms with Crippen LogP contribution >= 0.6 is 0 Å². The summed E-state index contributed by atoms with van der Waals surface area (Å²) in [6.45, 7) is 15.3. The van der Waals surface area contributed by atoms with Crippen LogP contribution in [0.3, 0.4) is 0 Å². The van der Waals surface area contributed by atoms with Gasteiger partial charge in [-0.05, 0) is 66.4 Å². The second-order valence-electron chi connectivity index (χ2n) is 12.9. The zero-order chi connectivity index (χ0) is 26.4. The van der Waals surface area contributed by atoms with E-state index < -0.39 is 11.0 Å². The first-order chi connectivity index (χ1) is 17.6. The fraction of sp³-hybridized carbons (Fsp3) is 0.759. The van der Waals surface area contributed by atoms with Gasteiger partial charge in [0.15, 0.2) is 0 Å². The van der Waals surface area contributed by atoms with Crippen LogP contribution in [-0.2, 0) is 9.53 Å². The number of rotatable bonds is 3. The molecule has 0 aromatic carbocycles. The van der Waals surface area contributed by atoms with Gasteiger partial charge in [-0.3, -0.25) is 9.28 Å². The molecule has 1 aromatic rings. The van der Waals surface area contributed by atoms with Crippen LogP contribution < -0.4 is 14.7 Å². The SMILES string of the molecule is Cc1nc([N+]2([C@@H]3CCNC3)CCC[C@@H]2C)ccc1N1CCCC2(CCN(C(=O)OC(C)(C)C)CC2)C1=O. The molecule has 1 spiro atoms. The highest BCUT2D eigenvalue weighted by Gasteiger charge is 2.50. The summed E-state index contributed by atoms with van der Waals surface area (Å²) in [7, 11) is 0. The number of pyridine rings is 1. The third-order valence-corrected chi connectivity index (χ3v) is 9.49. The van der Waals surface area contributed by atoms with Gasteiger partial charge in [0.2, 0.25) is 11.7 Å². The lowest BCUT2D eigenvalue weighted by Gasteiger charge is -2.46. The minimum Gasteiger partial charge on any atom is -0.444 e. The highest BCUT2D eigenvalue weighted by atomic mass is 16.6. The standard InChI is InChI=1S/C29H46N5O3/c1-21-8-6-19-34(21,23-11-15-30-20-23)25-10-9-24(22(2)31-25)33-16-7-12-29(26(33)35)13-17-32(18-14-29)27(36)37-28(3,4)5/h9-10,21,23,30H,6-8,11-20H2,1-5H3/q+1/t21-,23+,34?/m0/s1. The molecule has 5 heterocycles. The van der Waals surface area contributed by atoms with Gasteiger partial charge in [0.05, 0.1) is 29.4 Å². The Hall–Kier alpha value is -2.19. The van der Waals surface area contributed by atoms with Crippen molar-refractivity contribution in [3.63, 3.8) is 0 Å². The Morgan fingerprint density at radius 1 is 1.14 bits per heavy atom. The van der Waals surface area contributed by atoms with Crippen molar-refractivity contribution in [1.29, 1.82) is 0 Å². The number of likely N-dealkylation sites (tertiary alicyclic amines) is 2. The minimum atomic E-state index is -0.512. The molecule has 4 saturated heterocycles. The maximum atomic E-state index is 14.0. The summed E-state index contributed by atoms with van der Waals surface area (Å²) in [5, 5.41) is 3.57. The predicted molar refractivity (Wildman–Crippen MR) is 147 cm³/mol. The quantitative estimate of drug-likeness (QED) is 0.608. The number of quaternary nitrogens is 1. The van der Waals surface area contributed by atoms with Crippen molar-refractivity contribution in [3.05, 3.63) is 17.8 Å². The number of nitrogens with zero attached hydrogens (tertiary/aromatic N) is 4. The van der Waals surface area contributed by atoms with E-state index in [0.717, 1.165) is 54.9 Å². The number of carbonyl (C=O) groups excluding carboxylic acids is 2. The van der Waals surface area contributed by atoms with Crippen LogP contribution in [0, 0.1) is 12.3 Å². The second-order valence-corrected chi connectivity index (χ2v) is 12.9. The number of hydrogen-bond donors (Lipinski definition) is 1. The van der Waals surface area contributed by atoms with Crippen molar-refractivity contribution in [2.45, 2.75) is 97.2 Å². The summed E-state index contributed by atoms with van der Waals surface area (Å²) in [5.41, 5.74) is 1.00. The van der Waals surface area contributed by atoms with Gasteiger partial charge in [-0.2, -0.15) is 4.98 Å². The van der Waals surface area contributed by atoms with Crippen molar-refractivity contribution in [3.8, 4) is 0 Å². The first-order valence-electron chi connectivity index (χ1n) is 14.4. The molecule has 1 unspecified atom stereocenters. The highest BCUT2D eigenvalue weighted by molar-refractivity contribution is 5.99. The van der Waals surface area contributed by atoms with Crippen molar-refractivity contribution >= 4 is 23.5 Å². The van der Waals surface area contributed by atoms with Crippen LogP contribution in [0.4, 0.5) is 16.3 Å². The van der Waals surface area contributed by atoms with E-state index in [2.05, 4.69) is 31.3 Å². The summed E-state index contributed by atoms with van der Waals surface area (Å²) in [4.78, 5) is 35.5. The minimum absolute atomic E-state index is 0.207. The molecular weight excluding hydrogens is 466 g/mol. The molecule has 2 amide bonds. The molecule has 0 aliphatic carbocycles. The highest BCUT2D eigenvalue weighted by Crippen LogP contribution is 2.44. The van der Waals surface area contributed by atoms with E-state index in [4.69, 9.17) is 9.72 Å². The van der Waals surface area contributed by atoms with Gasteiger partial charge in [0.1, 0.15) is 11.6 Å². The van der Waals surface area contributed by atoms with E-state index in [1.165, 1.54) is 25.1 Å². The smallest absolute Gasteiger partial charge is 0.410 e. The van der Waals surface area contributed by atoms with E-state index in [9.17, 15) is 9.59 Å². The first kappa shape index (κ1) is 26.4. The van der Waals surface area contributed by atoms with Crippen molar-refractivity contribution in [1.82, 2.24) is 19.7 Å². The Morgan fingerprint density at radius 3 is 2.49 bits per heavy atom. The van der Waals surface area contributed by atoms with Crippen molar-refractivity contribution in [2.24, 2.45) is 5.41 Å². The normalized spacial score (nSPS) is 30.2. The van der Waals surface area contributed by atoms with Crippen molar-refractivity contribution < 1.29 is 14.3 Å². The van der Waals surface area contributed by atoms with Gasteiger partial charge in [-0.15, -0.1) is 0 Å². The Bertz CT molecular complexity index is 1020. The fourth-order valence-electron chi connectivity index (χ4n) is 7.47. The summed E-state index contributed by atoms with van der Waals surface area (Å²) in [6, 6.07) is 5.52. The molecule has 1 aromatic heterocycles. The lowest BCUT2D eigenvalue weighted by molar-refractivity contribution is -0.133. The molecule has 3 atom stereocenters. The van der Waals surface area contributed by atoms with Gasteiger partial charge < -0.3 is 19.9 Å². The Labute approximate surface area is 222 Å². The lowest BCUT2D eigenvalue weighted by Crippen LogP contribution is -2.60. The Kier molecular flexibility index (Phi) is 7.03. The van der Waals surface area contributed by atoms with E-state index in [0.29, 0.717) is 38.0 Å². The number of nitrogens with one attached hydrogen (secondary N) is 1. The molecule has 0 radical (unpaired) electrons. The van der Waals surface area contributed by atoms with E-state index in [1.807, 2.05) is 25.7 Å². The largest absolute Gasteiger partial charge is 0.444 e. The van der Waals surface area contributed by atoms with Gasteiger partial charge in [0, 0.05) is 58.1 Å². The van der Waals surface area contributed by atoms with E-state index in [-0.39, 0.29) is 12.0 Å². The van der Waals surface area contributed by atoms with Crippen LogP contribution in [0.1, 0.15) is 78.3 Å². The molecule has 204 valence electrons. The number of carbonyl (C=O) groups is 2. The Morgan fingerprint density at radius 2 is 1.89 bits per heavy atom. The molecule has 4 aliphatic rings. The number of piperidine rings is 2. The lowest BCUT2D eigenvalue weighted by atomic mass is 9.71. The third kappa shape index (κ3) is 4.76. The average molecular weight is 513 g/mol. The van der Waals surface area contributed by atoms with Crippen LogP contribution in [0.25, 0.3) is 0 Å².